The molecule has 1 atom stereocenters. The molecule has 138 valence electrons. The third-order valence-corrected chi connectivity index (χ3v) is 6.10. The number of benzene rings is 1. The molecule has 0 spiro atoms. The van der Waals surface area contributed by atoms with E-state index >= 15 is 0 Å². The first-order valence-corrected chi connectivity index (χ1v) is 8.81. The Labute approximate surface area is 154 Å². The van der Waals surface area contributed by atoms with Gasteiger partial charge in [-0.1, -0.05) is 52.8 Å². The van der Waals surface area contributed by atoms with Gasteiger partial charge in [0.15, 0.2) is 5.76 Å². The molecule has 0 bridgehead atoms. The predicted octanol–water partition coefficient (Wildman–Crippen LogP) is 4.90. The van der Waals surface area contributed by atoms with Crippen molar-refractivity contribution in [3.8, 4) is 5.88 Å². The molecule has 0 aliphatic heterocycles. The van der Waals surface area contributed by atoms with Crippen LogP contribution in [0.25, 0.3) is 11.6 Å². The van der Waals surface area contributed by atoms with E-state index in [-0.39, 0.29) is 16.7 Å². The molecule has 0 saturated carbocycles. The van der Waals surface area contributed by atoms with E-state index in [1.165, 1.54) is 17.2 Å². The number of nitrogens with two attached hydrogens (primary N) is 1. The van der Waals surface area contributed by atoms with E-state index in [4.69, 9.17) is 15.0 Å². The first-order chi connectivity index (χ1) is 12.0. The molecule has 0 radical (unpaired) electrons. The third kappa shape index (κ3) is 2.91. The summed E-state index contributed by atoms with van der Waals surface area (Å²) in [6.07, 6.45) is 0.960. The van der Waals surface area contributed by atoms with Crippen LogP contribution in [-0.4, -0.2) is 11.2 Å². The summed E-state index contributed by atoms with van der Waals surface area (Å²) < 4.78 is 9.89. The van der Waals surface area contributed by atoms with Crippen molar-refractivity contribution in [2.45, 2.75) is 52.4 Å². The molecular formula is C21H26N2O3. The van der Waals surface area contributed by atoms with Crippen LogP contribution in [-0.2, 0) is 10.8 Å². The summed E-state index contributed by atoms with van der Waals surface area (Å²) in [4.78, 5) is 10.8. The zero-order valence-corrected chi connectivity index (χ0v) is 16.2. The lowest BCUT2D eigenvalue weighted by Crippen LogP contribution is -2.30. The number of amides is 1. The van der Waals surface area contributed by atoms with Crippen molar-refractivity contribution in [1.82, 2.24) is 5.16 Å². The third-order valence-electron chi connectivity index (χ3n) is 6.10. The van der Waals surface area contributed by atoms with Gasteiger partial charge in [0.05, 0.1) is 0 Å². The van der Waals surface area contributed by atoms with Crippen molar-refractivity contribution in [2.24, 2.45) is 11.7 Å². The van der Waals surface area contributed by atoms with Crippen molar-refractivity contribution >= 4 is 17.7 Å². The Kier molecular flexibility index (Phi) is 4.21. The summed E-state index contributed by atoms with van der Waals surface area (Å²) in [5.74, 6) is 1.11. The Morgan fingerprint density at radius 1 is 1.19 bits per heavy atom. The number of hydrogen-bond donors (Lipinski definition) is 1. The Morgan fingerprint density at radius 3 is 2.50 bits per heavy atom. The Morgan fingerprint density at radius 2 is 1.85 bits per heavy atom. The van der Waals surface area contributed by atoms with Gasteiger partial charge in [-0.3, -0.25) is 0 Å². The zero-order valence-electron chi connectivity index (χ0n) is 16.2. The van der Waals surface area contributed by atoms with E-state index < -0.39 is 6.09 Å². The largest absolute Gasteiger partial charge is 0.411 e. The molecule has 1 aromatic heterocycles. The standard InChI is InChI=1S/C21H26N2O3/c1-12(9-15-11-18(23-26-15)25-19(22)24)14-7-8-16-17(10-14)21(5,6)13(2)20(16,3)4/h7-11,13H,1-6H3,(H2,22,24)/b12-9+. The maximum Gasteiger partial charge on any atom is 0.411 e. The number of carbonyl (C=O) groups excluding carboxylic acids is 1. The highest BCUT2D eigenvalue weighted by atomic mass is 16.6. The minimum atomic E-state index is -0.914. The van der Waals surface area contributed by atoms with Crippen LogP contribution in [0.1, 0.15) is 64.0 Å². The van der Waals surface area contributed by atoms with E-state index in [0.29, 0.717) is 11.7 Å². The number of primary amides is 1. The fourth-order valence-electron chi connectivity index (χ4n) is 4.04. The van der Waals surface area contributed by atoms with Gasteiger partial charge in [0, 0.05) is 6.07 Å². The highest BCUT2D eigenvalue weighted by Crippen LogP contribution is 2.53. The van der Waals surface area contributed by atoms with Gasteiger partial charge >= 0.3 is 6.09 Å². The number of ether oxygens (including phenoxy) is 1. The van der Waals surface area contributed by atoms with Crippen LogP contribution in [0.4, 0.5) is 4.79 Å². The Bertz CT molecular complexity index is 890. The van der Waals surface area contributed by atoms with Crippen molar-refractivity contribution in [3.63, 3.8) is 0 Å². The minimum absolute atomic E-state index is 0.0576. The molecule has 1 amide bonds. The minimum Gasteiger partial charge on any atom is -0.388 e. The fraction of sp³-hybridized carbons (Fsp3) is 0.429. The van der Waals surface area contributed by atoms with Crippen LogP contribution in [0.3, 0.4) is 0 Å². The fourth-order valence-corrected chi connectivity index (χ4v) is 4.04. The molecule has 3 rings (SSSR count). The van der Waals surface area contributed by atoms with Crippen molar-refractivity contribution in [2.75, 3.05) is 0 Å². The summed E-state index contributed by atoms with van der Waals surface area (Å²) in [6, 6.07) is 8.22. The lowest BCUT2D eigenvalue weighted by molar-refractivity contribution is 0.206. The van der Waals surface area contributed by atoms with Gasteiger partial charge in [0.25, 0.3) is 5.88 Å². The van der Waals surface area contributed by atoms with E-state index in [1.807, 2.05) is 13.0 Å². The highest BCUT2D eigenvalue weighted by Gasteiger charge is 2.48. The van der Waals surface area contributed by atoms with Crippen LogP contribution in [0, 0.1) is 5.92 Å². The van der Waals surface area contributed by atoms with Gasteiger partial charge in [-0.05, 0) is 57.2 Å². The lowest BCUT2D eigenvalue weighted by atomic mass is 9.71. The van der Waals surface area contributed by atoms with Gasteiger partial charge in [-0.25, -0.2) is 4.79 Å². The topological polar surface area (TPSA) is 78.4 Å². The lowest BCUT2D eigenvalue weighted by Gasteiger charge is -2.32. The molecule has 2 N–H and O–H groups in total. The van der Waals surface area contributed by atoms with Gasteiger partial charge in [-0.15, -0.1) is 0 Å². The number of nitrogens with zero attached hydrogens (tertiary/aromatic N) is 1. The second kappa shape index (κ2) is 6.01. The summed E-state index contributed by atoms with van der Waals surface area (Å²) in [6.45, 7) is 13.6. The maximum atomic E-state index is 10.8. The number of allylic oxidation sites excluding steroid dienone is 1. The second-order valence-electron chi connectivity index (χ2n) is 8.24. The Hall–Kier alpha value is -2.56. The molecule has 26 heavy (non-hydrogen) atoms. The van der Waals surface area contributed by atoms with Gasteiger partial charge < -0.3 is 15.0 Å². The summed E-state index contributed by atoms with van der Waals surface area (Å²) in [5, 5.41) is 3.67. The van der Waals surface area contributed by atoms with Crippen LogP contribution in [0.5, 0.6) is 5.88 Å². The molecule has 1 heterocycles. The molecule has 2 aromatic rings. The van der Waals surface area contributed by atoms with Crippen molar-refractivity contribution in [1.29, 1.82) is 0 Å². The number of hydrogen-bond acceptors (Lipinski definition) is 4. The van der Waals surface area contributed by atoms with E-state index in [9.17, 15) is 4.79 Å². The van der Waals surface area contributed by atoms with Crippen LogP contribution >= 0.6 is 0 Å². The van der Waals surface area contributed by atoms with Crippen LogP contribution < -0.4 is 10.5 Å². The maximum absolute atomic E-state index is 10.8. The molecule has 5 nitrogen and oxygen atoms in total. The summed E-state index contributed by atoms with van der Waals surface area (Å²) in [7, 11) is 0. The molecular weight excluding hydrogens is 328 g/mol. The monoisotopic (exact) mass is 354 g/mol. The van der Waals surface area contributed by atoms with Crippen LogP contribution in [0.2, 0.25) is 0 Å². The molecule has 1 aromatic carbocycles. The molecule has 1 aliphatic rings. The Balaban J connectivity index is 1.95. The number of carbonyl (C=O) groups is 1. The zero-order chi connectivity index (χ0) is 19.3. The average molecular weight is 354 g/mol. The highest BCUT2D eigenvalue weighted by molar-refractivity contribution is 5.80. The summed E-state index contributed by atoms with van der Waals surface area (Å²) >= 11 is 0. The molecule has 0 saturated heterocycles. The van der Waals surface area contributed by atoms with Crippen LogP contribution in [0.15, 0.2) is 28.8 Å². The molecule has 0 fully saturated rings. The van der Waals surface area contributed by atoms with Gasteiger partial charge in [-0.2, -0.15) is 0 Å². The van der Waals surface area contributed by atoms with Gasteiger partial charge in [0.2, 0.25) is 0 Å². The predicted molar refractivity (Wildman–Crippen MR) is 102 cm³/mol. The second-order valence-corrected chi connectivity index (χ2v) is 8.24. The van der Waals surface area contributed by atoms with E-state index in [1.54, 1.807) is 0 Å². The van der Waals surface area contributed by atoms with E-state index in [0.717, 1.165) is 11.1 Å². The smallest absolute Gasteiger partial charge is 0.388 e. The van der Waals surface area contributed by atoms with Gasteiger partial charge in [0.1, 0.15) is 0 Å². The van der Waals surface area contributed by atoms with E-state index in [2.05, 4.69) is 58.0 Å². The average Bonchev–Trinajstić information content (AvgIpc) is 3.03. The molecule has 1 unspecified atom stereocenters. The van der Waals surface area contributed by atoms with Crippen molar-refractivity contribution < 1.29 is 14.1 Å². The first kappa shape index (κ1) is 18.2. The normalized spacial score (nSPS) is 20.7. The summed E-state index contributed by atoms with van der Waals surface area (Å²) in [5.41, 5.74) is 10.2. The molecule has 5 heteroatoms. The number of rotatable bonds is 3. The quantitative estimate of drug-likeness (QED) is 0.850. The van der Waals surface area contributed by atoms with Crippen molar-refractivity contribution in [3.05, 3.63) is 46.7 Å². The molecule has 1 aliphatic carbocycles. The SMILES string of the molecule is C/C(=C\c1cc(OC(N)=O)no1)c1ccc2c(c1)C(C)(C)C(C)C2(C)C. The number of fused-ring (bicyclic) bond motifs is 1. The first-order valence-electron chi connectivity index (χ1n) is 8.81. The number of aromatic nitrogens is 1.